The van der Waals surface area contributed by atoms with Crippen LogP contribution >= 0.6 is 0 Å². The lowest BCUT2D eigenvalue weighted by Crippen LogP contribution is -2.38. The molecule has 0 heterocycles. The predicted octanol–water partition coefficient (Wildman–Crippen LogP) is 8.26. The molecule has 1 radical (unpaired) electrons. The smallest absolute Gasteiger partial charge is 0.247 e. The SMILES string of the molecule is CCCCCCCCCC(CCCC)C(CCCC)(CCCC)C([O])=O. The Labute approximate surface area is 164 Å². The third-order valence-electron chi connectivity index (χ3n) is 6.20. The molecule has 0 aliphatic rings. The van der Waals surface area contributed by atoms with E-state index >= 15 is 0 Å². The first-order chi connectivity index (χ1) is 12.6. The van der Waals surface area contributed by atoms with Gasteiger partial charge in [0.25, 0.3) is 0 Å². The van der Waals surface area contributed by atoms with Crippen molar-refractivity contribution in [1.82, 2.24) is 0 Å². The van der Waals surface area contributed by atoms with Crippen molar-refractivity contribution in [3.63, 3.8) is 0 Å². The second-order valence-corrected chi connectivity index (χ2v) is 8.40. The van der Waals surface area contributed by atoms with Crippen LogP contribution in [-0.4, -0.2) is 5.97 Å². The first-order valence-electron chi connectivity index (χ1n) is 11.8. The average molecular weight is 368 g/mol. The van der Waals surface area contributed by atoms with Gasteiger partial charge < -0.3 is 0 Å². The molecule has 0 saturated heterocycles. The lowest BCUT2D eigenvalue weighted by atomic mass is 9.65. The van der Waals surface area contributed by atoms with Gasteiger partial charge in [0.15, 0.2) is 0 Å². The van der Waals surface area contributed by atoms with Crippen molar-refractivity contribution >= 4 is 5.97 Å². The molecule has 2 heteroatoms. The van der Waals surface area contributed by atoms with E-state index in [1.807, 2.05) is 0 Å². The number of hydrogen-bond donors (Lipinski definition) is 0. The molecule has 0 N–H and O–H groups in total. The Morgan fingerprint density at radius 3 is 1.50 bits per heavy atom. The summed E-state index contributed by atoms with van der Waals surface area (Å²) in [6.45, 7) is 8.79. The largest absolute Gasteiger partial charge is 0.361 e. The molecule has 0 rings (SSSR count). The van der Waals surface area contributed by atoms with Crippen LogP contribution in [0.25, 0.3) is 0 Å². The Kier molecular flexibility index (Phi) is 16.3. The van der Waals surface area contributed by atoms with Crippen LogP contribution in [0.2, 0.25) is 0 Å². The highest BCUT2D eigenvalue weighted by Gasteiger charge is 2.44. The fourth-order valence-corrected chi connectivity index (χ4v) is 4.38. The van der Waals surface area contributed by atoms with Crippen molar-refractivity contribution in [2.45, 2.75) is 137 Å². The molecule has 0 spiro atoms. The van der Waals surface area contributed by atoms with Crippen LogP contribution in [0.15, 0.2) is 0 Å². The van der Waals surface area contributed by atoms with E-state index in [4.69, 9.17) is 0 Å². The highest BCUT2D eigenvalue weighted by molar-refractivity contribution is 5.74. The second-order valence-electron chi connectivity index (χ2n) is 8.40. The van der Waals surface area contributed by atoms with Gasteiger partial charge in [-0.25, -0.2) is 9.90 Å². The summed E-state index contributed by atoms with van der Waals surface area (Å²) >= 11 is 0. The summed E-state index contributed by atoms with van der Waals surface area (Å²) in [6, 6.07) is 0. The maximum atomic E-state index is 12.3. The molecule has 0 aliphatic heterocycles. The second kappa shape index (κ2) is 16.6. The molecule has 1 atom stereocenters. The summed E-state index contributed by atoms with van der Waals surface area (Å²) in [7, 11) is 0. The summed E-state index contributed by atoms with van der Waals surface area (Å²) < 4.78 is 0. The van der Waals surface area contributed by atoms with Gasteiger partial charge in [-0.1, -0.05) is 111 Å². The number of unbranched alkanes of at least 4 members (excludes halogenated alkanes) is 9. The van der Waals surface area contributed by atoms with Crippen LogP contribution in [0.5, 0.6) is 0 Å². The molecule has 0 aromatic heterocycles. The third kappa shape index (κ3) is 9.97. The minimum atomic E-state index is -0.761. The van der Waals surface area contributed by atoms with E-state index in [1.165, 1.54) is 44.9 Å². The first kappa shape index (κ1) is 25.5. The van der Waals surface area contributed by atoms with Gasteiger partial charge in [-0.2, -0.15) is 0 Å². The Bertz CT molecular complexity index is 316. The summed E-state index contributed by atoms with van der Waals surface area (Å²) in [5, 5.41) is 12.3. The summed E-state index contributed by atoms with van der Waals surface area (Å²) in [5.41, 5.74) is -0.580. The van der Waals surface area contributed by atoms with Gasteiger partial charge in [0.2, 0.25) is 0 Å². The van der Waals surface area contributed by atoms with Crippen molar-refractivity contribution in [3.8, 4) is 0 Å². The lowest BCUT2D eigenvalue weighted by Gasteiger charge is -2.37. The van der Waals surface area contributed by atoms with Crippen molar-refractivity contribution in [2.24, 2.45) is 11.3 Å². The molecule has 0 aliphatic carbocycles. The van der Waals surface area contributed by atoms with Gasteiger partial charge in [0.05, 0.1) is 5.41 Å². The molecule has 0 fully saturated rings. The van der Waals surface area contributed by atoms with Crippen LogP contribution in [0.3, 0.4) is 0 Å². The number of carbonyl (C=O) groups excluding carboxylic acids is 1. The van der Waals surface area contributed by atoms with Crippen molar-refractivity contribution in [1.29, 1.82) is 0 Å². The fourth-order valence-electron chi connectivity index (χ4n) is 4.38. The predicted molar refractivity (Wildman–Crippen MR) is 113 cm³/mol. The molecule has 0 aromatic rings. The van der Waals surface area contributed by atoms with Crippen molar-refractivity contribution in [3.05, 3.63) is 0 Å². The van der Waals surface area contributed by atoms with Gasteiger partial charge in [0.1, 0.15) is 0 Å². The first-order valence-corrected chi connectivity index (χ1v) is 11.8. The molecular formula is C24H47O2. The van der Waals surface area contributed by atoms with Crippen LogP contribution in [0, 0.1) is 11.3 Å². The molecular weight excluding hydrogens is 320 g/mol. The Hall–Kier alpha value is -0.530. The number of rotatable bonds is 19. The molecule has 155 valence electrons. The molecule has 26 heavy (non-hydrogen) atoms. The van der Waals surface area contributed by atoms with E-state index in [1.54, 1.807) is 0 Å². The highest BCUT2D eigenvalue weighted by atomic mass is 16.4. The Morgan fingerprint density at radius 2 is 1.04 bits per heavy atom. The molecule has 0 aromatic carbocycles. The fraction of sp³-hybridized carbons (Fsp3) is 0.958. The molecule has 1 unspecified atom stereocenters. The van der Waals surface area contributed by atoms with Gasteiger partial charge in [0, 0.05) is 0 Å². The maximum absolute atomic E-state index is 12.3. The van der Waals surface area contributed by atoms with Crippen LogP contribution in [0.1, 0.15) is 137 Å². The van der Waals surface area contributed by atoms with Crippen LogP contribution in [-0.2, 0) is 9.90 Å². The zero-order chi connectivity index (χ0) is 19.7. The monoisotopic (exact) mass is 367 g/mol. The van der Waals surface area contributed by atoms with Gasteiger partial charge >= 0.3 is 5.97 Å². The van der Waals surface area contributed by atoms with E-state index < -0.39 is 11.4 Å². The topological polar surface area (TPSA) is 37.0 Å². The molecule has 0 saturated carbocycles. The summed E-state index contributed by atoms with van der Waals surface area (Å²) in [4.78, 5) is 12.3. The number of carbonyl (C=O) groups is 1. The van der Waals surface area contributed by atoms with Gasteiger partial charge in [-0.05, 0) is 31.6 Å². The van der Waals surface area contributed by atoms with Gasteiger partial charge in [-0.3, -0.25) is 0 Å². The minimum Gasteiger partial charge on any atom is -0.247 e. The van der Waals surface area contributed by atoms with Gasteiger partial charge in [-0.15, -0.1) is 0 Å². The van der Waals surface area contributed by atoms with E-state index in [-0.39, 0.29) is 0 Å². The standard InChI is InChI=1S/C24H47O2/c1-5-9-13-14-15-16-17-19-22(18-10-6-2)24(23(25)26,20-11-7-3)21-12-8-4/h22H,5-21H2,1-4H3. The van der Waals surface area contributed by atoms with Crippen molar-refractivity contribution < 1.29 is 9.90 Å². The number of hydrogen-bond acceptors (Lipinski definition) is 1. The Balaban J connectivity index is 4.89. The maximum Gasteiger partial charge on any atom is 0.361 e. The van der Waals surface area contributed by atoms with Crippen LogP contribution in [0.4, 0.5) is 0 Å². The summed E-state index contributed by atoms with van der Waals surface area (Å²) in [5.74, 6) is -0.454. The quantitative estimate of drug-likeness (QED) is 0.212. The lowest BCUT2D eigenvalue weighted by molar-refractivity contribution is -0.162. The third-order valence-corrected chi connectivity index (χ3v) is 6.20. The Morgan fingerprint density at radius 1 is 0.615 bits per heavy atom. The normalized spacial score (nSPS) is 13.1. The zero-order valence-corrected chi connectivity index (χ0v) is 18.4. The highest BCUT2D eigenvalue weighted by Crippen LogP contribution is 2.44. The molecule has 0 amide bonds. The minimum absolute atomic E-state index is 0.307. The van der Waals surface area contributed by atoms with E-state index in [2.05, 4.69) is 27.7 Å². The molecule has 0 bridgehead atoms. The molecule has 2 nitrogen and oxygen atoms in total. The summed E-state index contributed by atoms with van der Waals surface area (Å²) in [6.07, 6.45) is 19.3. The average Bonchev–Trinajstić information content (AvgIpc) is 2.64. The van der Waals surface area contributed by atoms with E-state index in [0.717, 1.165) is 64.2 Å². The van der Waals surface area contributed by atoms with Crippen molar-refractivity contribution in [2.75, 3.05) is 0 Å². The van der Waals surface area contributed by atoms with E-state index in [0.29, 0.717) is 5.92 Å². The van der Waals surface area contributed by atoms with Crippen LogP contribution < -0.4 is 0 Å². The van der Waals surface area contributed by atoms with E-state index in [9.17, 15) is 9.90 Å². The zero-order valence-electron chi connectivity index (χ0n) is 18.4.